The van der Waals surface area contributed by atoms with E-state index in [9.17, 15) is 9.59 Å². The van der Waals surface area contributed by atoms with E-state index in [-0.39, 0.29) is 23.2 Å². The van der Waals surface area contributed by atoms with E-state index in [2.05, 4.69) is 10.4 Å². The molecule has 0 saturated heterocycles. The van der Waals surface area contributed by atoms with E-state index >= 15 is 0 Å². The van der Waals surface area contributed by atoms with Gasteiger partial charge in [0.2, 0.25) is 0 Å². The number of amides is 1. The normalized spacial score (nSPS) is 10.9. The van der Waals surface area contributed by atoms with Gasteiger partial charge in [0.15, 0.2) is 5.69 Å². The van der Waals surface area contributed by atoms with Crippen molar-refractivity contribution < 1.29 is 9.53 Å². The average Bonchev–Trinajstić information content (AvgIpc) is 2.66. The third kappa shape index (κ3) is 3.44. The van der Waals surface area contributed by atoms with Crippen molar-refractivity contribution in [3.05, 3.63) is 70.1 Å². The molecule has 0 spiro atoms. The highest BCUT2D eigenvalue weighted by Gasteiger charge is 2.17. The minimum absolute atomic E-state index is 0.142. The lowest BCUT2D eigenvalue weighted by atomic mass is 10.1. The number of methoxy groups -OCH3 is 1. The Hall–Kier alpha value is -3.15. The van der Waals surface area contributed by atoms with Crippen LogP contribution in [0.3, 0.4) is 0 Å². The number of nitrogens with zero attached hydrogens (tertiary/aromatic N) is 2. The van der Waals surface area contributed by atoms with Crippen LogP contribution in [-0.2, 0) is 6.54 Å². The van der Waals surface area contributed by atoms with Gasteiger partial charge in [0.05, 0.1) is 18.5 Å². The topological polar surface area (TPSA) is 73.2 Å². The average molecular weight is 351 g/mol. The zero-order chi connectivity index (χ0) is 18.7. The highest BCUT2D eigenvalue weighted by atomic mass is 16.5. The van der Waals surface area contributed by atoms with Crippen molar-refractivity contribution in [1.82, 2.24) is 15.1 Å². The minimum atomic E-state index is -0.321. The van der Waals surface area contributed by atoms with Crippen molar-refractivity contribution in [3.63, 3.8) is 0 Å². The van der Waals surface area contributed by atoms with Crippen LogP contribution < -0.4 is 15.6 Å². The van der Waals surface area contributed by atoms with Crippen LogP contribution in [0.2, 0.25) is 0 Å². The first-order valence-corrected chi connectivity index (χ1v) is 8.44. The summed E-state index contributed by atoms with van der Waals surface area (Å²) < 4.78 is 6.55. The van der Waals surface area contributed by atoms with Gasteiger partial charge in [0, 0.05) is 11.9 Å². The molecular formula is C20H21N3O3. The number of rotatable bonds is 5. The van der Waals surface area contributed by atoms with Crippen LogP contribution in [0.25, 0.3) is 10.8 Å². The predicted octanol–water partition coefficient (Wildman–Crippen LogP) is 2.92. The summed E-state index contributed by atoms with van der Waals surface area (Å²) >= 11 is 0. The minimum Gasteiger partial charge on any atom is -0.497 e. The summed E-state index contributed by atoms with van der Waals surface area (Å²) in [5.41, 5.74) is 0.968. The largest absolute Gasteiger partial charge is 0.497 e. The first-order chi connectivity index (χ1) is 12.5. The molecule has 6 heteroatoms. The van der Waals surface area contributed by atoms with Crippen LogP contribution in [0.15, 0.2) is 53.3 Å². The third-order valence-corrected chi connectivity index (χ3v) is 4.12. The Kier molecular flexibility index (Phi) is 5.02. The van der Waals surface area contributed by atoms with Crippen LogP contribution in [0.1, 0.15) is 35.9 Å². The van der Waals surface area contributed by atoms with E-state index in [1.165, 1.54) is 4.68 Å². The second-order valence-electron chi connectivity index (χ2n) is 6.27. The van der Waals surface area contributed by atoms with Crippen molar-refractivity contribution in [1.29, 1.82) is 0 Å². The molecule has 1 N–H and O–H groups in total. The quantitative estimate of drug-likeness (QED) is 0.767. The number of aromatic nitrogens is 2. The van der Waals surface area contributed by atoms with Gasteiger partial charge in [0.1, 0.15) is 5.75 Å². The van der Waals surface area contributed by atoms with Crippen LogP contribution in [0.5, 0.6) is 5.75 Å². The monoisotopic (exact) mass is 351 g/mol. The van der Waals surface area contributed by atoms with Gasteiger partial charge in [-0.25, -0.2) is 4.68 Å². The molecule has 3 rings (SSSR count). The standard InChI is InChI=1S/C20H21N3O3/c1-13(2)23-20(25)17-10-5-4-9-16(17)18(22-23)19(24)21-12-14-7-6-8-15(11-14)26-3/h4-11,13H,12H2,1-3H3,(H,21,24). The van der Waals surface area contributed by atoms with Crippen LogP contribution in [-0.4, -0.2) is 22.8 Å². The zero-order valence-corrected chi connectivity index (χ0v) is 15.0. The smallest absolute Gasteiger partial charge is 0.274 e. The molecule has 1 aromatic heterocycles. The fourth-order valence-electron chi connectivity index (χ4n) is 2.77. The Morgan fingerprint density at radius 1 is 1.15 bits per heavy atom. The third-order valence-electron chi connectivity index (χ3n) is 4.12. The maximum Gasteiger partial charge on any atom is 0.274 e. The summed E-state index contributed by atoms with van der Waals surface area (Å²) in [7, 11) is 1.60. The lowest BCUT2D eigenvalue weighted by molar-refractivity contribution is 0.0945. The van der Waals surface area contributed by atoms with Gasteiger partial charge in [-0.2, -0.15) is 5.10 Å². The van der Waals surface area contributed by atoms with Crippen molar-refractivity contribution >= 4 is 16.7 Å². The summed E-state index contributed by atoms with van der Waals surface area (Å²) in [6.45, 7) is 4.06. The number of hydrogen-bond acceptors (Lipinski definition) is 4. The Morgan fingerprint density at radius 2 is 1.88 bits per heavy atom. The van der Waals surface area contributed by atoms with Gasteiger partial charge in [-0.1, -0.05) is 30.3 Å². The second-order valence-corrected chi connectivity index (χ2v) is 6.27. The molecule has 0 unspecified atom stereocenters. The summed E-state index contributed by atoms with van der Waals surface area (Å²) in [5.74, 6) is 0.409. The summed E-state index contributed by atoms with van der Waals surface area (Å²) in [4.78, 5) is 25.3. The van der Waals surface area contributed by atoms with Crippen molar-refractivity contribution in [2.45, 2.75) is 26.4 Å². The summed E-state index contributed by atoms with van der Waals surface area (Å²) in [5, 5.41) is 8.23. The van der Waals surface area contributed by atoms with Crippen LogP contribution in [0, 0.1) is 0 Å². The molecule has 26 heavy (non-hydrogen) atoms. The molecule has 0 aliphatic carbocycles. The van der Waals surface area contributed by atoms with E-state index in [0.29, 0.717) is 17.3 Å². The van der Waals surface area contributed by atoms with E-state index < -0.39 is 0 Å². The highest BCUT2D eigenvalue weighted by Crippen LogP contribution is 2.16. The lowest BCUT2D eigenvalue weighted by Crippen LogP contribution is -2.31. The number of benzene rings is 2. The molecule has 0 atom stereocenters. The number of carbonyl (C=O) groups excluding carboxylic acids is 1. The molecule has 3 aromatic rings. The Labute approximate surface area is 151 Å². The molecule has 0 bridgehead atoms. The fraction of sp³-hybridized carbons (Fsp3) is 0.250. The maximum absolute atomic E-state index is 12.8. The maximum atomic E-state index is 12.8. The predicted molar refractivity (Wildman–Crippen MR) is 101 cm³/mol. The first kappa shape index (κ1) is 17.7. The molecular weight excluding hydrogens is 330 g/mol. The molecule has 0 fully saturated rings. The van der Waals surface area contributed by atoms with Crippen molar-refractivity contribution in [3.8, 4) is 5.75 Å². The Bertz CT molecular complexity index is 1010. The first-order valence-electron chi connectivity index (χ1n) is 8.44. The Morgan fingerprint density at radius 3 is 2.58 bits per heavy atom. The zero-order valence-electron chi connectivity index (χ0n) is 15.0. The molecule has 0 radical (unpaired) electrons. The SMILES string of the molecule is COc1cccc(CNC(=O)c2nn(C(C)C)c(=O)c3ccccc23)c1. The molecule has 1 heterocycles. The molecule has 0 aliphatic rings. The Balaban J connectivity index is 1.95. The van der Waals surface area contributed by atoms with Gasteiger partial charge in [-0.3, -0.25) is 9.59 Å². The van der Waals surface area contributed by atoms with E-state index in [4.69, 9.17) is 4.74 Å². The van der Waals surface area contributed by atoms with E-state index in [1.54, 1.807) is 31.4 Å². The molecule has 2 aromatic carbocycles. The number of ether oxygens (including phenoxy) is 1. The molecule has 0 saturated carbocycles. The van der Waals surface area contributed by atoms with Gasteiger partial charge in [-0.15, -0.1) is 0 Å². The molecule has 1 amide bonds. The molecule has 134 valence electrons. The van der Waals surface area contributed by atoms with Gasteiger partial charge in [-0.05, 0) is 37.6 Å². The number of fused-ring (bicyclic) bond motifs is 1. The van der Waals surface area contributed by atoms with Crippen LogP contribution >= 0.6 is 0 Å². The summed E-state index contributed by atoms with van der Waals surface area (Å²) in [6, 6.07) is 14.4. The number of carbonyl (C=O) groups is 1. The lowest BCUT2D eigenvalue weighted by Gasteiger charge is -2.13. The summed E-state index contributed by atoms with van der Waals surface area (Å²) in [6.07, 6.45) is 0. The molecule has 0 aliphatic heterocycles. The van der Waals surface area contributed by atoms with Gasteiger partial charge >= 0.3 is 0 Å². The van der Waals surface area contributed by atoms with Crippen LogP contribution in [0.4, 0.5) is 0 Å². The van der Waals surface area contributed by atoms with Gasteiger partial charge in [0.25, 0.3) is 11.5 Å². The highest BCUT2D eigenvalue weighted by molar-refractivity contribution is 6.04. The second kappa shape index (κ2) is 7.39. The van der Waals surface area contributed by atoms with E-state index in [1.807, 2.05) is 38.1 Å². The molecule has 6 nitrogen and oxygen atoms in total. The number of nitrogens with one attached hydrogen (secondary N) is 1. The van der Waals surface area contributed by atoms with Gasteiger partial charge < -0.3 is 10.1 Å². The van der Waals surface area contributed by atoms with Crippen molar-refractivity contribution in [2.24, 2.45) is 0 Å². The fourth-order valence-corrected chi connectivity index (χ4v) is 2.77. The number of hydrogen-bond donors (Lipinski definition) is 1. The van der Waals surface area contributed by atoms with E-state index in [0.717, 1.165) is 11.3 Å². The van der Waals surface area contributed by atoms with Crippen molar-refractivity contribution in [2.75, 3.05) is 7.11 Å².